The average molecular weight is 753 g/mol. The third-order valence-electron chi connectivity index (χ3n) is 8.00. The van der Waals surface area contributed by atoms with E-state index in [1.807, 2.05) is 0 Å². The van der Waals surface area contributed by atoms with Crippen molar-refractivity contribution in [3.63, 3.8) is 0 Å². The van der Waals surface area contributed by atoms with Crippen molar-refractivity contribution in [2.24, 2.45) is 0 Å². The Balaban J connectivity index is 2.40. The largest absolute Gasteiger partial charge is 0.464 e. The minimum atomic E-state index is -1.01. The summed E-state index contributed by atoms with van der Waals surface area (Å²) in [4.78, 5) is 85.7. The van der Waals surface area contributed by atoms with Gasteiger partial charge in [0.1, 0.15) is 18.1 Å². The summed E-state index contributed by atoms with van der Waals surface area (Å²) < 4.78 is 5.28. The molecule has 0 spiro atoms. The van der Waals surface area contributed by atoms with Crippen molar-refractivity contribution in [2.45, 2.75) is 104 Å². The molecule has 0 aliphatic carbocycles. The highest BCUT2D eigenvalue weighted by Gasteiger charge is 2.33. The molecule has 1 saturated heterocycles. The molecular weight excluding hydrogens is 696 g/mol. The van der Waals surface area contributed by atoms with E-state index in [0.29, 0.717) is 39.7 Å². The zero-order valence-corrected chi connectivity index (χ0v) is 31.0. The summed E-state index contributed by atoms with van der Waals surface area (Å²) in [6, 6.07) is -2.61. The number of hydrogen-bond acceptors (Lipinski definition) is 12. The second-order valence-corrected chi connectivity index (χ2v) is 12.9. The fourth-order valence-corrected chi connectivity index (χ4v) is 5.03. The Bertz CT molecular complexity index is 1360. The van der Waals surface area contributed by atoms with Crippen LogP contribution in [0.1, 0.15) is 85.5 Å². The topological polar surface area (TPSA) is 264 Å². The van der Waals surface area contributed by atoms with Crippen LogP contribution < -0.4 is 21.3 Å². The molecule has 1 aliphatic rings. The molecule has 0 radical (unpaired) electrons. The van der Waals surface area contributed by atoms with Gasteiger partial charge in [0, 0.05) is 64.4 Å². The van der Waals surface area contributed by atoms with Crippen molar-refractivity contribution in [3.8, 4) is 0 Å². The van der Waals surface area contributed by atoms with Gasteiger partial charge in [0.2, 0.25) is 23.6 Å². The highest BCUT2D eigenvalue weighted by molar-refractivity contribution is 5.97. The quantitative estimate of drug-likeness (QED) is 0.0211. The van der Waals surface area contributed by atoms with Gasteiger partial charge in [-0.15, -0.1) is 0 Å². The standard InChI is InChI=1S/C35H56N6O12/c1-23(11-17-42)21-31(46)40(51)15-6-9-28-34(49)38-27(33(48)39-28)8-5-14-36-30(45)20-25(3)13-19-53-35(50)29(37-26(4)44)10-7-16-41(52)32(47)22-24(2)12-18-43/h20-22,27-29,42-43,51-52H,5-19H2,1-4H3,(H,36,45)(H,37,44)(H,38,49)(H,39,48)/b23-21+,24-22+,25-20+/t27-,28-,29-/m0/s1. The highest BCUT2D eigenvalue weighted by Crippen LogP contribution is 2.10. The zero-order chi connectivity index (χ0) is 39.9. The molecule has 298 valence electrons. The Morgan fingerprint density at radius 2 is 1.25 bits per heavy atom. The summed E-state index contributed by atoms with van der Waals surface area (Å²) in [5.41, 5.74) is 1.81. The first-order valence-corrected chi connectivity index (χ1v) is 17.6. The molecular formula is C35H56N6O12. The lowest BCUT2D eigenvalue weighted by Gasteiger charge is -2.30. The van der Waals surface area contributed by atoms with Crippen LogP contribution in [0.2, 0.25) is 0 Å². The van der Waals surface area contributed by atoms with Gasteiger partial charge in [0.15, 0.2) is 0 Å². The van der Waals surface area contributed by atoms with E-state index in [1.54, 1.807) is 20.8 Å². The number of aliphatic hydroxyl groups excluding tert-OH is 2. The summed E-state index contributed by atoms with van der Waals surface area (Å²) in [6.07, 6.45) is 5.95. The number of esters is 1. The number of ether oxygens (including phenoxy) is 1. The molecule has 0 unspecified atom stereocenters. The lowest BCUT2D eigenvalue weighted by Crippen LogP contribution is -2.61. The van der Waals surface area contributed by atoms with E-state index >= 15 is 0 Å². The summed E-state index contributed by atoms with van der Waals surface area (Å²) in [7, 11) is 0. The number of rotatable bonds is 24. The minimum Gasteiger partial charge on any atom is -0.464 e. The highest BCUT2D eigenvalue weighted by atomic mass is 16.5. The van der Waals surface area contributed by atoms with Crippen molar-refractivity contribution in [1.82, 2.24) is 31.4 Å². The molecule has 1 heterocycles. The molecule has 8 N–H and O–H groups in total. The summed E-state index contributed by atoms with van der Waals surface area (Å²) in [6.45, 7) is 5.96. The van der Waals surface area contributed by atoms with Crippen LogP contribution in [-0.2, 0) is 38.3 Å². The van der Waals surface area contributed by atoms with Crippen LogP contribution in [0.4, 0.5) is 0 Å². The molecule has 18 nitrogen and oxygen atoms in total. The molecule has 0 aromatic rings. The first-order chi connectivity index (χ1) is 25.1. The molecule has 3 atom stereocenters. The van der Waals surface area contributed by atoms with Crippen LogP contribution in [0, 0.1) is 0 Å². The normalized spacial score (nSPS) is 16.9. The second kappa shape index (κ2) is 25.3. The Kier molecular flexibility index (Phi) is 22.2. The molecule has 1 rings (SSSR count). The van der Waals surface area contributed by atoms with Crippen LogP contribution in [0.25, 0.3) is 0 Å². The molecule has 0 aromatic heterocycles. The number of nitrogens with one attached hydrogen (secondary N) is 4. The van der Waals surface area contributed by atoms with E-state index in [2.05, 4.69) is 21.3 Å². The van der Waals surface area contributed by atoms with Gasteiger partial charge in [0.05, 0.1) is 6.61 Å². The van der Waals surface area contributed by atoms with Crippen LogP contribution >= 0.6 is 0 Å². The van der Waals surface area contributed by atoms with E-state index in [9.17, 15) is 44.0 Å². The lowest BCUT2D eigenvalue weighted by molar-refractivity contribution is -0.160. The minimum absolute atomic E-state index is 0.0501. The van der Waals surface area contributed by atoms with Crippen LogP contribution in [0.15, 0.2) is 34.9 Å². The predicted molar refractivity (Wildman–Crippen MR) is 189 cm³/mol. The van der Waals surface area contributed by atoms with E-state index < -0.39 is 53.6 Å². The van der Waals surface area contributed by atoms with Gasteiger partial charge < -0.3 is 36.2 Å². The van der Waals surface area contributed by atoms with E-state index in [4.69, 9.17) is 14.9 Å². The van der Waals surface area contributed by atoms with Gasteiger partial charge in [-0.1, -0.05) is 16.7 Å². The van der Waals surface area contributed by atoms with Crippen molar-refractivity contribution >= 4 is 41.4 Å². The molecule has 1 aliphatic heterocycles. The van der Waals surface area contributed by atoms with Crippen molar-refractivity contribution in [2.75, 3.05) is 39.5 Å². The smallest absolute Gasteiger partial charge is 0.328 e. The first-order valence-electron chi connectivity index (χ1n) is 17.6. The predicted octanol–water partition coefficient (Wildman–Crippen LogP) is -0.0963. The fraction of sp³-hybridized carbons (Fsp3) is 0.629. The number of hydroxylamine groups is 4. The molecule has 53 heavy (non-hydrogen) atoms. The average Bonchev–Trinajstić information content (AvgIpc) is 3.07. The molecule has 6 amide bonds. The van der Waals surface area contributed by atoms with E-state index in [1.165, 1.54) is 25.2 Å². The van der Waals surface area contributed by atoms with Gasteiger partial charge in [-0.3, -0.25) is 39.2 Å². The van der Waals surface area contributed by atoms with Crippen molar-refractivity contribution in [3.05, 3.63) is 34.9 Å². The number of carbonyl (C=O) groups is 7. The third-order valence-corrected chi connectivity index (χ3v) is 8.00. The maximum Gasteiger partial charge on any atom is 0.328 e. The fourth-order valence-electron chi connectivity index (χ4n) is 5.03. The summed E-state index contributed by atoms with van der Waals surface area (Å²) in [5, 5.41) is 49.2. The molecule has 0 saturated carbocycles. The second-order valence-electron chi connectivity index (χ2n) is 12.9. The number of amides is 6. The number of nitrogens with zero attached hydrogens (tertiary/aromatic N) is 2. The van der Waals surface area contributed by atoms with Gasteiger partial charge in [0.25, 0.3) is 11.8 Å². The van der Waals surface area contributed by atoms with Gasteiger partial charge in [-0.25, -0.2) is 14.9 Å². The summed E-state index contributed by atoms with van der Waals surface area (Å²) >= 11 is 0. The molecule has 0 bridgehead atoms. The number of aliphatic hydroxyl groups is 2. The van der Waals surface area contributed by atoms with Gasteiger partial charge in [-0.2, -0.15) is 0 Å². The zero-order valence-electron chi connectivity index (χ0n) is 31.0. The third kappa shape index (κ3) is 19.7. The van der Waals surface area contributed by atoms with E-state index in [0.717, 1.165) is 0 Å². The maximum absolute atomic E-state index is 12.6. The Hall–Kier alpha value is -4.65. The van der Waals surface area contributed by atoms with Crippen LogP contribution in [0.3, 0.4) is 0 Å². The Labute approximate surface area is 309 Å². The van der Waals surface area contributed by atoms with Gasteiger partial charge in [-0.05, 0) is 72.1 Å². The van der Waals surface area contributed by atoms with Gasteiger partial charge >= 0.3 is 5.97 Å². The molecule has 18 heteroatoms. The van der Waals surface area contributed by atoms with Crippen molar-refractivity contribution in [1.29, 1.82) is 0 Å². The molecule has 0 aromatic carbocycles. The van der Waals surface area contributed by atoms with Crippen LogP contribution in [0.5, 0.6) is 0 Å². The molecule has 1 fully saturated rings. The van der Waals surface area contributed by atoms with Crippen LogP contribution in [-0.4, -0.2) is 130 Å². The maximum atomic E-state index is 12.6. The van der Waals surface area contributed by atoms with E-state index in [-0.39, 0.29) is 90.3 Å². The monoisotopic (exact) mass is 752 g/mol. The lowest BCUT2D eigenvalue weighted by atomic mass is 10.0. The Morgan fingerprint density at radius 3 is 1.75 bits per heavy atom. The number of hydrogen-bond donors (Lipinski definition) is 8. The Morgan fingerprint density at radius 1 is 0.755 bits per heavy atom. The first kappa shape index (κ1) is 46.4. The number of piperazine rings is 1. The SMILES string of the molecule is CC(=O)N[C@@H](CCCN(O)C(=O)/C=C(\C)CCO)C(=O)OCC/C(C)=C/C(=O)NCCC[C@@H]1NC(=O)[C@H](CCCN(O)C(=O)/C=C(\C)CCO)NC1=O. The summed E-state index contributed by atoms with van der Waals surface area (Å²) in [5.74, 6) is -3.66. The van der Waals surface area contributed by atoms with Crippen molar-refractivity contribution < 1.29 is 58.9 Å². The number of carbonyl (C=O) groups excluding carboxylic acids is 7.